The molecule has 0 aromatic rings. The van der Waals surface area contributed by atoms with E-state index in [4.69, 9.17) is 4.74 Å². The van der Waals surface area contributed by atoms with Crippen molar-refractivity contribution in [2.45, 2.75) is 0 Å². The van der Waals surface area contributed by atoms with Gasteiger partial charge in [0.25, 0.3) is 0 Å². The second-order valence-electron chi connectivity index (χ2n) is 2.60. The summed E-state index contributed by atoms with van der Waals surface area (Å²) in [5, 5.41) is 3.16. The highest BCUT2D eigenvalue weighted by Gasteiger charge is 2.16. The number of hydrogen-bond acceptors (Lipinski definition) is 3. The summed E-state index contributed by atoms with van der Waals surface area (Å²) in [6.45, 7) is 6.93. The molecule has 4 heteroatoms. The van der Waals surface area contributed by atoms with Gasteiger partial charge >= 0.3 is 6.09 Å². The number of carbonyl (C=O) groups excluding carboxylic acids is 1. The summed E-state index contributed by atoms with van der Waals surface area (Å²) < 4.78 is 4.87. The van der Waals surface area contributed by atoms with E-state index >= 15 is 0 Å². The molecule has 12 heavy (non-hydrogen) atoms. The van der Waals surface area contributed by atoms with Crippen molar-refractivity contribution in [2.24, 2.45) is 0 Å². The molecule has 0 saturated carbocycles. The largest absolute Gasteiger partial charge is 0.445 e. The Balaban J connectivity index is 2.24. The smallest absolute Gasteiger partial charge is 0.410 e. The monoisotopic (exact) mass is 170 g/mol. The van der Waals surface area contributed by atoms with Crippen molar-refractivity contribution in [1.29, 1.82) is 0 Å². The molecule has 4 nitrogen and oxygen atoms in total. The van der Waals surface area contributed by atoms with Gasteiger partial charge < -0.3 is 15.0 Å². The number of carbonyl (C=O) groups is 1. The van der Waals surface area contributed by atoms with E-state index in [2.05, 4.69) is 11.9 Å². The SMILES string of the molecule is C=CCOC(=O)N1CCNCC1. The molecule has 0 aromatic carbocycles. The molecule has 1 fully saturated rings. The molecular formula is C8H14N2O2. The van der Waals surface area contributed by atoms with Crippen LogP contribution in [0.25, 0.3) is 0 Å². The van der Waals surface area contributed by atoms with Crippen LogP contribution >= 0.6 is 0 Å². The average molecular weight is 170 g/mol. The zero-order valence-electron chi connectivity index (χ0n) is 7.08. The van der Waals surface area contributed by atoms with Crippen molar-refractivity contribution in [3.8, 4) is 0 Å². The summed E-state index contributed by atoms with van der Waals surface area (Å²) in [4.78, 5) is 12.9. The highest BCUT2D eigenvalue weighted by Crippen LogP contribution is 1.96. The Hall–Kier alpha value is -1.03. The Labute approximate surface area is 72.2 Å². The lowest BCUT2D eigenvalue weighted by atomic mass is 10.4. The molecule has 1 rings (SSSR count). The highest BCUT2D eigenvalue weighted by atomic mass is 16.6. The molecule has 68 valence electrons. The van der Waals surface area contributed by atoms with E-state index < -0.39 is 0 Å². The van der Waals surface area contributed by atoms with Gasteiger partial charge in [-0.15, -0.1) is 0 Å². The van der Waals surface area contributed by atoms with Crippen molar-refractivity contribution in [1.82, 2.24) is 10.2 Å². The van der Waals surface area contributed by atoms with Crippen LogP contribution in [-0.2, 0) is 4.74 Å². The van der Waals surface area contributed by atoms with Gasteiger partial charge in [-0.05, 0) is 0 Å². The molecule has 0 radical (unpaired) electrons. The van der Waals surface area contributed by atoms with Crippen molar-refractivity contribution in [2.75, 3.05) is 32.8 Å². The van der Waals surface area contributed by atoms with Crippen molar-refractivity contribution >= 4 is 6.09 Å². The van der Waals surface area contributed by atoms with Gasteiger partial charge in [0.1, 0.15) is 6.61 Å². The maximum atomic E-state index is 11.2. The molecular weight excluding hydrogens is 156 g/mol. The van der Waals surface area contributed by atoms with Crippen LogP contribution in [0.1, 0.15) is 0 Å². The first kappa shape index (κ1) is 9.06. The Morgan fingerprint density at radius 2 is 2.25 bits per heavy atom. The van der Waals surface area contributed by atoms with Gasteiger partial charge in [0.2, 0.25) is 0 Å². The number of hydrogen-bond donors (Lipinski definition) is 1. The molecule has 1 N–H and O–H groups in total. The predicted octanol–water partition coefficient (Wildman–Crippen LogP) is 0.214. The summed E-state index contributed by atoms with van der Waals surface area (Å²) in [5.41, 5.74) is 0. The normalized spacial score (nSPS) is 17.2. The first-order valence-corrected chi connectivity index (χ1v) is 4.08. The number of nitrogens with one attached hydrogen (secondary N) is 1. The quantitative estimate of drug-likeness (QED) is 0.602. The maximum Gasteiger partial charge on any atom is 0.410 e. The molecule has 1 amide bonds. The van der Waals surface area contributed by atoms with Crippen LogP contribution in [0, 0.1) is 0 Å². The van der Waals surface area contributed by atoms with Gasteiger partial charge in [0, 0.05) is 26.2 Å². The first-order chi connectivity index (χ1) is 5.84. The highest BCUT2D eigenvalue weighted by molar-refractivity contribution is 5.67. The van der Waals surface area contributed by atoms with Gasteiger partial charge in [-0.25, -0.2) is 4.79 Å². The van der Waals surface area contributed by atoms with E-state index in [9.17, 15) is 4.79 Å². The summed E-state index contributed by atoms with van der Waals surface area (Å²) in [5.74, 6) is 0. The van der Waals surface area contributed by atoms with E-state index in [1.165, 1.54) is 0 Å². The summed E-state index contributed by atoms with van der Waals surface area (Å²) >= 11 is 0. The van der Waals surface area contributed by atoms with Crippen LogP contribution in [-0.4, -0.2) is 43.8 Å². The lowest BCUT2D eigenvalue weighted by Crippen LogP contribution is -2.46. The van der Waals surface area contributed by atoms with Crippen LogP contribution in [0.5, 0.6) is 0 Å². The summed E-state index contributed by atoms with van der Waals surface area (Å²) in [7, 11) is 0. The standard InChI is InChI=1S/C8H14N2O2/c1-2-7-12-8(11)10-5-3-9-4-6-10/h2,9H,1,3-7H2. The fourth-order valence-corrected chi connectivity index (χ4v) is 1.07. The average Bonchev–Trinajstić information content (AvgIpc) is 2.15. The second-order valence-corrected chi connectivity index (χ2v) is 2.60. The first-order valence-electron chi connectivity index (χ1n) is 4.08. The molecule has 1 heterocycles. The van der Waals surface area contributed by atoms with Crippen LogP contribution < -0.4 is 5.32 Å². The molecule has 1 aliphatic rings. The van der Waals surface area contributed by atoms with E-state index in [0.717, 1.165) is 26.2 Å². The van der Waals surface area contributed by atoms with E-state index in [0.29, 0.717) is 6.61 Å². The van der Waals surface area contributed by atoms with Gasteiger partial charge in [-0.2, -0.15) is 0 Å². The van der Waals surface area contributed by atoms with Gasteiger partial charge in [-0.3, -0.25) is 0 Å². The third kappa shape index (κ3) is 2.54. The Morgan fingerprint density at radius 1 is 1.58 bits per heavy atom. The second kappa shape index (κ2) is 4.77. The molecule has 0 unspecified atom stereocenters. The predicted molar refractivity (Wildman–Crippen MR) is 46.0 cm³/mol. The van der Waals surface area contributed by atoms with Crippen molar-refractivity contribution < 1.29 is 9.53 Å². The topological polar surface area (TPSA) is 41.6 Å². The molecule has 0 aromatic heterocycles. The number of piperazine rings is 1. The number of nitrogens with zero attached hydrogens (tertiary/aromatic N) is 1. The summed E-state index contributed by atoms with van der Waals surface area (Å²) in [6, 6.07) is 0. The zero-order valence-corrected chi connectivity index (χ0v) is 7.08. The Morgan fingerprint density at radius 3 is 2.83 bits per heavy atom. The minimum Gasteiger partial charge on any atom is -0.445 e. The van der Waals surface area contributed by atoms with Gasteiger partial charge in [0.05, 0.1) is 0 Å². The minimum absolute atomic E-state index is 0.239. The maximum absolute atomic E-state index is 11.2. The van der Waals surface area contributed by atoms with Crippen LogP contribution in [0.15, 0.2) is 12.7 Å². The molecule has 1 aliphatic heterocycles. The fraction of sp³-hybridized carbons (Fsp3) is 0.625. The van der Waals surface area contributed by atoms with E-state index in [1.54, 1.807) is 11.0 Å². The van der Waals surface area contributed by atoms with Crippen LogP contribution in [0.2, 0.25) is 0 Å². The fourth-order valence-electron chi connectivity index (χ4n) is 1.07. The molecule has 0 spiro atoms. The third-order valence-corrected chi connectivity index (χ3v) is 1.70. The minimum atomic E-state index is -0.239. The van der Waals surface area contributed by atoms with E-state index in [1.807, 2.05) is 0 Å². The number of amides is 1. The van der Waals surface area contributed by atoms with Crippen LogP contribution in [0.4, 0.5) is 4.79 Å². The lowest BCUT2D eigenvalue weighted by molar-refractivity contribution is 0.107. The van der Waals surface area contributed by atoms with Gasteiger partial charge in [-0.1, -0.05) is 12.7 Å². The van der Waals surface area contributed by atoms with Crippen LogP contribution in [0.3, 0.4) is 0 Å². The Kier molecular flexibility index (Phi) is 3.60. The van der Waals surface area contributed by atoms with Gasteiger partial charge in [0.15, 0.2) is 0 Å². The molecule has 0 atom stereocenters. The molecule has 1 saturated heterocycles. The molecule has 0 bridgehead atoms. The third-order valence-electron chi connectivity index (χ3n) is 1.70. The Bertz CT molecular complexity index is 164. The summed E-state index contributed by atoms with van der Waals surface area (Å²) in [6.07, 6.45) is 1.33. The zero-order chi connectivity index (χ0) is 8.81. The number of ether oxygens (including phenoxy) is 1. The lowest BCUT2D eigenvalue weighted by Gasteiger charge is -2.26. The van der Waals surface area contributed by atoms with Crippen molar-refractivity contribution in [3.05, 3.63) is 12.7 Å². The molecule has 0 aliphatic carbocycles. The van der Waals surface area contributed by atoms with Crippen molar-refractivity contribution in [3.63, 3.8) is 0 Å². The number of rotatable bonds is 2. The van der Waals surface area contributed by atoms with E-state index in [-0.39, 0.29) is 6.09 Å².